The molecule has 0 aromatic heterocycles. The number of carboxylic acids is 1. The van der Waals surface area contributed by atoms with Crippen LogP contribution < -0.4 is 0 Å². The van der Waals surface area contributed by atoms with Gasteiger partial charge < -0.3 is 10.2 Å². The van der Waals surface area contributed by atoms with Crippen molar-refractivity contribution in [3.63, 3.8) is 0 Å². The summed E-state index contributed by atoms with van der Waals surface area (Å²) in [6.07, 6.45) is 7.40. The molecule has 0 bridgehead atoms. The first kappa shape index (κ1) is 20.8. The quantitative estimate of drug-likeness (QED) is 0.746. The van der Waals surface area contributed by atoms with Gasteiger partial charge in [-0.2, -0.15) is 0 Å². The highest BCUT2D eigenvalue weighted by atomic mass is 16.4. The molecule has 4 rings (SSSR count). The van der Waals surface area contributed by atoms with Gasteiger partial charge in [0.25, 0.3) is 0 Å². The lowest BCUT2D eigenvalue weighted by Crippen LogP contribution is -2.59. The van der Waals surface area contributed by atoms with Crippen LogP contribution >= 0.6 is 0 Å². The Bertz CT molecular complexity index is 784. The first-order valence-electron chi connectivity index (χ1n) is 11.2. The second-order valence-electron chi connectivity index (χ2n) is 10.7. The molecular weight excluding hydrogens is 368 g/mol. The van der Waals surface area contributed by atoms with Crippen LogP contribution in [0.3, 0.4) is 0 Å². The molecule has 0 heterocycles. The molecule has 2 N–H and O–H groups in total. The lowest BCUT2D eigenvalue weighted by atomic mass is 9.40. The van der Waals surface area contributed by atoms with E-state index < -0.39 is 16.8 Å². The Morgan fingerprint density at radius 1 is 1.14 bits per heavy atom. The van der Waals surface area contributed by atoms with Gasteiger partial charge in [0.1, 0.15) is 5.78 Å². The molecule has 4 aliphatic rings. The van der Waals surface area contributed by atoms with Crippen molar-refractivity contribution in [1.29, 1.82) is 0 Å². The Morgan fingerprint density at radius 2 is 1.86 bits per heavy atom. The molecule has 3 fully saturated rings. The maximum atomic E-state index is 12.5. The van der Waals surface area contributed by atoms with E-state index in [0.717, 1.165) is 44.1 Å². The molecule has 0 spiro atoms. The Morgan fingerprint density at radius 3 is 2.48 bits per heavy atom. The monoisotopic (exact) mass is 402 g/mol. The largest absolute Gasteiger partial charge is 0.481 e. The molecule has 7 atom stereocenters. The summed E-state index contributed by atoms with van der Waals surface area (Å²) >= 11 is 0. The zero-order valence-corrected chi connectivity index (χ0v) is 17.9. The van der Waals surface area contributed by atoms with E-state index in [-0.39, 0.29) is 42.5 Å². The molecule has 29 heavy (non-hydrogen) atoms. The van der Waals surface area contributed by atoms with Crippen LogP contribution in [-0.2, 0) is 14.4 Å². The van der Waals surface area contributed by atoms with Crippen molar-refractivity contribution in [3.8, 4) is 0 Å². The Labute approximate surface area is 172 Å². The second kappa shape index (κ2) is 6.76. The number of hydrogen-bond donors (Lipinski definition) is 2. The lowest BCUT2D eigenvalue weighted by molar-refractivity contribution is -0.158. The molecular formula is C24H34O5. The van der Waals surface area contributed by atoms with Crippen molar-refractivity contribution in [2.45, 2.75) is 72.1 Å². The van der Waals surface area contributed by atoms with Crippen molar-refractivity contribution >= 4 is 17.5 Å². The number of fused-ring (bicyclic) bond motifs is 5. The Balaban J connectivity index is 1.78. The number of carboxylic acid groups (broad SMARTS) is 1. The smallest absolute Gasteiger partial charge is 0.304 e. The molecule has 4 aliphatic carbocycles. The minimum absolute atomic E-state index is 0.0315. The third-order valence-corrected chi connectivity index (χ3v) is 9.83. The highest BCUT2D eigenvalue weighted by molar-refractivity contribution is 5.93. The van der Waals surface area contributed by atoms with Crippen molar-refractivity contribution in [1.82, 2.24) is 0 Å². The fourth-order valence-corrected chi connectivity index (χ4v) is 8.42. The van der Waals surface area contributed by atoms with Gasteiger partial charge in [-0.25, -0.2) is 0 Å². The summed E-state index contributed by atoms with van der Waals surface area (Å²) in [6.45, 7) is 5.87. The molecule has 0 radical (unpaired) electrons. The average Bonchev–Trinajstić information content (AvgIpc) is 2.99. The highest BCUT2D eigenvalue weighted by Gasteiger charge is 2.65. The van der Waals surface area contributed by atoms with Crippen molar-refractivity contribution in [2.24, 2.45) is 39.9 Å². The maximum Gasteiger partial charge on any atom is 0.304 e. The SMILES string of the molecule is CC(=O)[C@H]1CC[C@H]2[C@@H]3CCC4=CC(=O)CC(CO)(CC(=O)O)[C@]4(C)[C@H]3CC[C@]12C. The van der Waals surface area contributed by atoms with Crippen LogP contribution in [0.4, 0.5) is 0 Å². The van der Waals surface area contributed by atoms with Gasteiger partial charge in [0.2, 0.25) is 0 Å². The predicted molar refractivity (Wildman–Crippen MR) is 108 cm³/mol. The topological polar surface area (TPSA) is 91.7 Å². The molecule has 1 unspecified atom stereocenters. The fourth-order valence-electron chi connectivity index (χ4n) is 8.42. The van der Waals surface area contributed by atoms with Crippen LogP contribution in [0.2, 0.25) is 0 Å². The first-order valence-corrected chi connectivity index (χ1v) is 11.2. The standard InChI is InChI=1S/C24H34O5/c1-14(26)18-6-7-19-17-5-4-15-10-16(27)11-24(13-25,12-21(28)29)23(15,3)20(17)8-9-22(18,19)2/h10,17-20,25H,4-9,11-13H2,1-3H3,(H,28,29)/t17-,18+,19-,20-,22+,23-,24?/m0/s1. The number of ketones is 2. The molecule has 160 valence electrons. The van der Waals surface area contributed by atoms with E-state index in [0.29, 0.717) is 17.6 Å². The second-order valence-corrected chi connectivity index (χ2v) is 10.7. The van der Waals surface area contributed by atoms with Crippen molar-refractivity contribution < 1.29 is 24.6 Å². The van der Waals surface area contributed by atoms with Gasteiger partial charge in [0.05, 0.1) is 13.0 Å². The van der Waals surface area contributed by atoms with E-state index in [2.05, 4.69) is 13.8 Å². The van der Waals surface area contributed by atoms with Crippen LogP contribution in [0, 0.1) is 39.9 Å². The number of aliphatic carboxylic acids is 1. The van der Waals surface area contributed by atoms with Crippen LogP contribution in [0.15, 0.2) is 11.6 Å². The number of Topliss-reactive ketones (excluding diaryl/α,β-unsaturated/α-hetero) is 1. The Hall–Kier alpha value is -1.49. The van der Waals surface area contributed by atoms with E-state index in [1.54, 1.807) is 13.0 Å². The van der Waals surface area contributed by atoms with Gasteiger partial charge in [-0.1, -0.05) is 19.4 Å². The summed E-state index contributed by atoms with van der Waals surface area (Å²) < 4.78 is 0. The maximum absolute atomic E-state index is 12.5. The molecule has 0 amide bonds. The third kappa shape index (κ3) is 2.72. The van der Waals surface area contributed by atoms with Gasteiger partial charge in [-0.05, 0) is 74.7 Å². The summed E-state index contributed by atoms with van der Waals surface area (Å²) in [7, 11) is 0. The zero-order chi connectivity index (χ0) is 21.2. The van der Waals surface area contributed by atoms with Crippen LogP contribution in [0.1, 0.15) is 72.1 Å². The number of hydrogen-bond acceptors (Lipinski definition) is 4. The molecule has 5 heteroatoms. The molecule has 0 aromatic carbocycles. The summed E-state index contributed by atoms with van der Waals surface area (Å²) in [5.74, 6) is 0.577. The van der Waals surface area contributed by atoms with E-state index in [4.69, 9.17) is 0 Å². The summed E-state index contributed by atoms with van der Waals surface area (Å²) in [5.41, 5.74) is -0.332. The number of carbonyl (C=O) groups is 3. The third-order valence-electron chi connectivity index (χ3n) is 9.83. The van der Waals surface area contributed by atoms with E-state index in [1.165, 1.54) is 0 Å². The highest BCUT2D eigenvalue weighted by Crippen LogP contribution is 2.70. The van der Waals surface area contributed by atoms with Gasteiger partial charge in [-0.15, -0.1) is 0 Å². The summed E-state index contributed by atoms with van der Waals surface area (Å²) in [5, 5.41) is 20.1. The van der Waals surface area contributed by atoms with E-state index in [9.17, 15) is 24.6 Å². The van der Waals surface area contributed by atoms with Crippen LogP contribution in [0.5, 0.6) is 0 Å². The Kier molecular flexibility index (Phi) is 4.84. The minimum atomic E-state index is -0.949. The van der Waals surface area contributed by atoms with Gasteiger partial charge in [-0.3, -0.25) is 14.4 Å². The zero-order valence-electron chi connectivity index (χ0n) is 17.9. The van der Waals surface area contributed by atoms with Crippen molar-refractivity contribution in [3.05, 3.63) is 11.6 Å². The van der Waals surface area contributed by atoms with Gasteiger partial charge in [0.15, 0.2) is 5.78 Å². The number of aliphatic hydroxyl groups is 1. The van der Waals surface area contributed by atoms with E-state index in [1.807, 2.05) is 0 Å². The van der Waals surface area contributed by atoms with Crippen LogP contribution in [0.25, 0.3) is 0 Å². The molecule has 0 aromatic rings. The van der Waals surface area contributed by atoms with Gasteiger partial charge >= 0.3 is 5.97 Å². The van der Waals surface area contributed by atoms with Crippen molar-refractivity contribution in [2.75, 3.05) is 6.61 Å². The minimum Gasteiger partial charge on any atom is -0.481 e. The predicted octanol–water partition coefficient (Wildman–Crippen LogP) is 3.79. The molecule has 5 nitrogen and oxygen atoms in total. The first-order chi connectivity index (χ1) is 13.6. The molecule has 0 saturated heterocycles. The number of aliphatic hydroxyl groups excluding tert-OH is 1. The number of allylic oxidation sites excluding steroid dienone is 1. The fraction of sp³-hybridized carbons (Fsp3) is 0.792. The average molecular weight is 403 g/mol. The normalized spacial score (nSPS) is 46.3. The van der Waals surface area contributed by atoms with Crippen LogP contribution in [-0.4, -0.2) is 34.4 Å². The summed E-state index contributed by atoms with van der Waals surface area (Å²) in [6, 6.07) is 0. The number of carbonyl (C=O) groups excluding carboxylic acids is 2. The van der Waals surface area contributed by atoms with E-state index >= 15 is 0 Å². The number of rotatable bonds is 4. The summed E-state index contributed by atoms with van der Waals surface area (Å²) in [4.78, 5) is 36.6. The lowest BCUT2D eigenvalue weighted by Gasteiger charge is -2.63. The molecule has 0 aliphatic heterocycles. The molecule has 3 saturated carbocycles. The van der Waals surface area contributed by atoms with Gasteiger partial charge in [0, 0.05) is 23.2 Å².